The lowest BCUT2D eigenvalue weighted by molar-refractivity contribution is 0.422. The van der Waals surface area contributed by atoms with E-state index in [2.05, 4.69) is 4.98 Å². The summed E-state index contributed by atoms with van der Waals surface area (Å²) in [5.41, 5.74) is 0.326. The lowest BCUT2D eigenvalue weighted by atomic mass is 10.3. The zero-order chi connectivity index (χ0) is 12.3. The number of pyridine rings is 1. The lowest BCUT2D eigenvalue weighted by Gasteiger charge is -2.05. The molecule has 0 radical (unpaired) electrons. The predicted molar refractivity (Wildman–Crippen MR) is 55.4 cm³/mol. The Balaban J connectivity index is 2.31. The Morgan fingerprint density at radius 3 is 2.76 bits per heavy atom. The van der Waals surface area contributed by atoms with Gasteiger partial charge < -0.3 is 4.74 Å². The normalized spacial score (nSPS) is 9.71. The van der Waals surface area contributed by atoms with E-state index in [0.29, 0.717) is 5.56 Å². The van der Waals surface area contributed by atoms with Crippen LogP contribution in [0.1, 0.15) is 5.56 Å². The van der Waals surface area contributed by atoms with Gasteiger partial charge in [0.25, 0.3) is 0 Å². The molecule has 2 aromatic rings. The Morgan fingerprint density at radius 1 is 1.18 bits per heavy atom. The second-order valence-corrected chi connectivity index (χ2v) is 3.17. The minimum atomic E-state index is -0.699. The lowest BCUT2D eigenvalue weighted by Crippen LogP contribution is -1.92. The topological polar surface area (TPSA) is 45.9 Å². The zero-order valence-electron chi connectivity index (χ0n) is 8.52. The van der Waals surface area contributed by atoms with Gasteiger partial charge in [-0.25, -0.2) is 13.8 Å². The molecule has 2 rings (SSSR count). The van der Waals surface area contributed by atoms with Crippen molar-refractivity contribution in [2.75, 3.05) is 0 Å². The van der Waals surface area contributed by atoms with Crippen molar-refractivity contribution >= 4 is 0 Å². The molecule has 0 amide bonds. The fraction of sp³-hybridized carbons (Fsp3) is 0. The summed E-state index contributed by atoms with van der Waals surface area (Å²) in [4.78, 5) is 3.79. The number of hydrogen-bond donors (Lipinski definition) is 0. The van der Waals surface area contributed by atoms with E-state index in [1.54, 1.807) is 0 Å². The van der Waals surface area contributed by atoms with Crippen molar-refractivity contribution in [2.45, 2.75) is 0 Å². The zero-order valence-corrected chi connectivity index (χ0v) is 8.52. The summed E-state index contributed by atoms with van der Waals surface area (Å²) in [7, 11) is 0. The second-order valence-electron chi connectivity index (χ2n) is 3.17. The molecule has 3 nitrogen and oxygen atoms in total. The van der Waals surface area contributed by atoms with Crippen molar-refractivity contribution in [2.24, 2.45) is 0 Å². The Kier molecular flexibility index (Phi) is 2.97. The Hall–Kier alpha value is -2.48. The molecule has 1 aromatic heterocycles. The third-order valence-electron chi connectivity index (χ3n) is 1.97. The Labute approximate surface area is 95.9 Å². The molecule has 5 heteroatoms. The number of hydrogen-bond acceptors (Lipinski definition) is 3. The van der Waals surface area contributed by atoms with Crippen LogP contribution in [0.15, 0.2) is 36.5 Å². The second kappa shape index (κ2) is 4.58. The number of nitriles is 1. The van der Waals surface area contributed by atoms with E-state index in [-0.39, 0.29) is 11.6 Å². The monoisotopic (exact) mass is 232 g/mol. The van der Waals surface area contributed by atoms with E-state index >= 15 is 0 Å². The highest BCUT2D eigenvalue weighted by molar-refractivity contribution is 5.34. The summed E-state index contributed by atoms with van der Waals surface area (Å²) in [6.07, 6.45) is 1.35. The fourth-order valence-electron chi connectivity index (χ4n) is 1.20. The molecule has 0 aliphatic carbocycles. The van der Waals surface area contributed by atoms with Crippen LogP contribution >= 0.6 is 0 Å². The average molecular weight is 232 g/mol. The molecule has 0 atom stereocenters. The number of aromatic nitrogens is 1. The van der Waals surface area contributed by atoms with Crippen LogP contribution < -0.4 is 4.74 Å². The molecule has 0 saturated heterocycles. The van der Waals surface area contributed by atoms with Crippen LogP contribution in [-0.4, -0.2) is 4.98 Å². The molecule has 1 heterocycles. The highest BCUT2D eigenvalue weighted by Gasteiger charge is 2.07. The van der Waals surface area contributed by atoms with E-state index < -0.39 is 11.6 Å². The Bertz CT molecular complexity index is 593. The summed E-state index contributed by atoms with van der Waals surface area (Å²) >= 11 is 0. The predicted octanol–water partition coefficient (Wildman–Crippen LogP) is 3.02. The van der Waals surface area contributed by atoms with E-state index in [9.17, 15) is 8.78 Å². The molecule has 0 fully saturated rings. The van der Waals surface area contributed by atoms with Gasteiger partial charge in [-0.05, 0) is 18.2 Å². The highest BCUT2D eigenvalue weighted by atomic mass is 19.1. The molecule has 0 spiro atoms. The first-order chi connectivity index (χ1) is 8.19. The summed E-state index contributed by atoms with van der Waals surface area (Å²) in [6.45, 7) is 0. The van der Waals surface area contributed by atoms with E-state index in [1.165, 1.54) is 18.3 Å². The van der Waals surface area contributed by atoms with Crippen molar-refractivity contribution in [3.05, 3.63) is 53.7 Å². The molecule has 84 valence electrons. The summed E-state index contributed by atoms with van der Waals surface area (Å²) in [6, 6.07) is 7.57. The maximum Gasteiger partial charge on any atom is 0.220 e. The van der Waals surface area contributed by atoms with Crippen LogP contribution in [0.4, 0.5) is 8.78 Å². The smallest absolute Gasteiger partial charge is 0.220 e. The number of halogens is 2. The molecule has 0 N–H and O–H groups in total. The van der Waals surface area contributed by atoms with Crippen LogP contribution in [0.5, 0.6) is 11.6 Å². The van der Waals surface area contributed by atoms with Gasteiger partial charge in [-0.15, -0.1) is 0 Å². The number of rotatable bonds is 2. The first-order valence-corrected chi connectivity index (χ1v) is 4.68. The van der Waals surface area contributed by atoms with Gasteiger partial charge in [0.2, 0.25) is 5.88 Å². The maximum atomic E-state index is 13.3. The Morgan fingerprint density at radius 2 is 2.00 bits per heavy atom. The molecule has 0 unspecified atom stereocenters. The van der Waals surface area contributed by atoms with Crippen molar-refractivity contribution in [1.82, 2.24) is 4.98 Å². The van der Waals surface area contributed by atoms with E-state index in [0.717, 1.165) is 18.2 Å². The molecular weight excluding hydrogens is 226 g/mol. The van der Waals surface area contributed by atoms with Crippen LogP contribution in [0.2, 0.25) is 0 Å². The largest absolute Gasteiger partial charge is 0.436 e. The van der Waals surface area contributed by atoms with Gasteiger partial charge in [-0.3, -0.25) is 0 Å². The maximum absolute atomic E-state index is 13.3. The number of benzene rings is 1. The van der Waals surface area contributed by atoms with Gasteiger partial charge in [0.15, 0.2) is 11.6 Å². The SMILES string of the molecule is N#Cc1ccnc(Oc2cc(F)ccc2F)c1. The van der Waals surface area contributed by atoms with Crippen molar-refractivity contribution < 1.29 is 13.5 Å². The third-order valence-corrected chi connectivity index (χ3v) is 1.97. The van der Waals surface area contributed by atoms with Gasteiger partial charge in [0.1, 0.15) is 5.82 Å². The van der Waals surface area contributed by atoms with Crippen LogP contribution in [0.25, 0.3) is 0 Å². The molecule has 0 bridgehead atoms. The number of nitrogens with zero attached hydrogens (tertiary/aromatic N) is 2. The van der Waals surface area contributed by atoms with Crippen molar-refractivity contribution in [3.63, 3.8) is 0 Å². The molecule has 1 aromatic carbocycles. The van der Waals surface area contributed by atoms with Crippen LogP contribution in [-0.2, 0) is 0 Å². The molecule has 17 heavy (non-hydrogen) atoms. The molecule has 0 aliphatic heterocycles. The minimum Gasteiger partial charge on any atom is -0.436 e. The standard InChI is InChI=1S/C12H6F2N2O/c13-9-1-2-10(14)11(6-9)17-12-5-8(7-15)3-4-16-12/h1-6H. The van der Waals surface area contributed by atoms with Crippen LogP contribution in [0, 0.1) is 23.0 Å². The molecular formula is C12H6F2N2O. The van der Waals surface area contributed by atoms with Gasteiger partial charge >= 0.3 is 0 Å². The summed E-state index contributed by atoms with van der Waals surface area (Å²) in [5, 5.41) is 8.66. The van der Waals surface area contributed by atoms with Gasteiger partial charge in [-0.1, -0.05) is 0 Å². The van der Waals surface area contributed by atoms with Crippen LogP contribution in [0.3, 0.4) is 0 Å². The van der Waals surface area contributed by atoms with Gasteiger partial charge in [0, 0.05) is 18.3 Å². The molecule has 0 saturated carbocycles. The third kappa shape index (κ3) is 2.55. The summed E-state index contributed by atoms with van der Waals surface area (Å²) in [5.74, 6) is -1.55. The highest BCUT2D eigenvalue weighted by Crippen LogP contribution is 2.23. The summed E-state index contributed by atoms with van der Waals surface area (Å²) < 4.78 is 31.2. The average Bonchev–Trinajstić information content (AvgIpc) is 2.34. The van der Waals surface area contributed by atoms with E-state index in [4.69, 9.17) is 10.00 Å². The molecule has 0 aliphatic rings. The fourth-order valence-corrected chi connectivity index (χ4v) is 1.20. The quantitative estimate of drug-likeness (QED) is 0.799. The van der Waals surface area contributed by atoms with E-state index in [1.807, 2.05) is 6.07 Å². The first kappa shape index (κ1) is 11.0. The van der Waals surface area contributed by atoms with Crippen molar-refractivity contribution in [3.8, 4) is 17.7 Å². The van der Waals surface area contributed by atoms with Gasteiger partial charge in [0.05, 0.1) is 11.6 Å². The van der Waals surface area contributed by atoms with Crippen molar-refractivity contribution in [1.29, 1.82) is 5.26 Å². The number of ether oxygens (including phenoxy) is 1. The van der Waals surface area contributed by atoms with Gasteiger partial charge in [-0.2, -0.15) is 5.26 Å². The minimum absolute atomic E-state index is 0.0357. The first-order valence-electron chi connectivity index (χ1n) is 4.68.